The molecule has 106 valence electrons. The minimum atomic E-state index is 0.643. The molecular formula is C15H16N6. The van der Waals surface area contributed by atoms with Crippen LogP contribution in [-0.4, -0.2) is 24.7 Å². The van der Waals surface area contributed by atoms with Crippen LogP contribution in [0.15, 0.2) is 24.4 Å². The molecule has 3 aromatic heterocycles. The summed E-state index contributed by atoms with van der Waals surface area (Å²) in [6, 6.07) is 5.88. The van der Waals surface area contributed by atoms with Crippen LogP contribution in [0, 0.1) is 6.92 Å². The highest BCUT2D eigenvalue weighted by Crippen LogP contribution is 2.40. The Balaban J connectivity index is 1.70. The summed E-state index contributed by atoms with van der Waals surface area (Å²) >= 11 is 0. The maximum Gasteiger partial charge on any atom is 0.180 e. The highest BCUT2D eigenvalue weighted by molar-refractivity contribution is 5.73. The first-order valence-corrected chi connectivity index (χ1v) is 7.11. The number of nitrogens with one attached hydrogen (secondary N) is 1. The molecule has 0 aromatic carbocycles. The number of anilines is 2. The Morgan fingerprint density at radius 1 is 1.29 bits per heavy atom. The fourth-order valence-corrected chi connectivity index (χ4v) is 2.53. The van der Waals surface area contributed by atoms with Crippen molar-refractivity contribution < 1.29 is 0 Å². The highest BCUT2D eigenvalue weighted by Gasteiger charge is 2.27. The van der Waals surface area contributed by atoms with Crippen LogP contribution in [0.4, 0.5) is 11.6 Å². The Hall–Kier alpha value is -2.50. The van der Waals surface area contributed by atoms with Gasteiger partial charge in [-0.2, -0.15) is 5.10 Å². The van der Waals surface area contributed by atoms with E-state index in [9.17, 15) is 0 Å². The Labute approximate surface area is 122 Å². The van der Waals surface area contributed by atoms with Crippen LogP contribution in [-0.2, 0) is 7.05 Å². The van der Waals surface area contributed by atoms with Gasteiger partial charge in [-0.1, -0.05) is 0 Å². The van der Waals surface area contributed by atoms with E-state index in [0.29, 0.717) is 17.4 Å². The molecule has 3 heterocycles. The van der Waals surface area contributed by atoms with E-state index in [2.05, 4.69) is 31.4 Å². The SMILES string of the molecule is Cc1nc2cccnc2nc1Nc1cc(C2CC2)n(C)n1. The van der Waals surface area contributed by atoms with E-state index in [1.165, 1.54) is 18.5 Å². The lowest BCUT2D eigenvalue weighted by molar-refractivity contribution is 0.716. The molecule has 1 N–H and O–H groups in total. The van der Waals surface area contributed by atoms with E-state index < -0.39 is 0 Å². The number of hydrogen-bond acceptors (Lipinski definition) is 5. The molecule has 0 atom stereocenters. The number of pyridine rings is 1. The predicted molar refractivity (Wildman–Crippen MR) is 80.5 cm³/mol. The summed E-state index contributed by atoms with van der Waals surface area (Å²) < 4.78 is 1.95. The van der Waals surface area contributed by atoms with E-state index in [0.717, 1.165) is 17.0 Å². The first-order chi connectivity index (χ1) is 10.2. The van der Waals surface area contributed by atoms with E-state index in [4.69, 9.17) is 0 Å². The van der Waals surface area contributed by atoms with E-state index in [-0.39, 0.29) is 0 Å². The molecule has 0 spiro atoms. The third-order valence-electron chi connectivity index (χ3n) is 3.77. The van der Waals surface area contributed by atoms with Crippen molar-refractivity contribution in [1.82, 2.24) is 24.7 Å². The number of aryl methyl sites for hydroxylation is 2. The maximum atomic E-state index is 4.54. The number of aromatic nitrogens is 5. The Morgan fingerprint density at radius 2 is 2.14 bits per heavy atom. The second kappa shape index (κ2) is 4.51. The van der Waals surface area contributed by atoms with Crippen molar-refractivity contribution in [2.75, 3.05) is 5.32 Å². The van der Waals surface area contributed by atoms with Crippen molar-refractivity contribution in [3.05, 3.63) is 35.8 Å². The summed E-state index contributed by atoms with van der Waals surface area (Å²) in [7, 11) is 1.99. The zero-order valence-corrected chi connectivity index (χ0v) is 12.0. The first kappa shape index (κ1) is 12.3. The summed E-state index contributed by atoms with van der Waals surface area (Å²) in [6.07, 6.45) is 4.25. The zero-order valence-electron chi connectivity index (χ0n) is 12.0. The topological polar surface area (TPSA) is 68.5 Å². The number of nitrogens with zero attached hydrogens (tertiary/aromatic N) is 5. The lowest BCUT2D eigenvalue weighted by atomic mass is 10.3. The monoisotopic (exact) mass is 280 g/mol. The molecule has 0 bridgehead atoms. The third-order valence-corrected chi connectivity index (χ3v) is 3.77. The molecule has 6 nitrogen and oxygen atoms in total. The standard InChI is InChI=1S/C15H16N6/c1-9-14(19-15-11(17-9)4-3-7-16-15)18-13-8-12(10-5-6-10)21(2)20-13/h3-4,7-8,10H,5-6H2,1-2H3,(H,16,18,19,20). The second-order valence-corrected chi connectivity index (χ2v) is 5.48. The van der Waals surface area contributed by atoms with Crippen molar-refractivity contribution in [1.29, 1.82) is 0 Å². The van der Waals surface area contributed by atoms with Gasteiger partial charge in [0.1, 0.15) is 5.52 Å². The van der Waals surface area contributed by atoms with Crippen LogP contribution >= 0.6 is 0 Å². The van der Waals surface area contributed by atoms with Crippen LogP contribution in [0.25, 0.3) is 11.2 Å². The average molecular weight is 280 g/mol. The molecule has 3 aromatic rings. The van der Waals surface area contributed by atoms with E-state index >= 15 is 0 Å². The summed E-state index contributed by atoms with van der Waals surface area (Å²) in [5, 5.41) is 7.77. The third kappa shape index (κ3) is 2.22. The van der Waals surface area contributed by atoms with Gasteiger partial charge in [-0.05, 0) is 31.9 Å². The van der Waals surface area contributed by atoms with Gasteiger partial charge in [-0.3, -0.25) is 4.68 Å². The maximum absolute atomic E-state index is 4.54. The van der Waals surface area contributed by atoms with Crippen LogP contribution < -0.4 is 5.32 Å². The minimum absolute atomic E-state index is 0.643. The van der Waals surface area contributed by atoms with Gasteiger partial charge in [0, 0.05) is 30.9 Å². The van der Waals surface area contributed by atoms with Crippen LogP contribution in [0.5, 0.6) is 0 Å². The largest absolute Gasteiger partial charge is 0.322 e. The number of fused-ring (bicyclic) bond motifs is 1. The molecule has 4 rings (SSSR count). The van der Waals surface area contributed by atoms with Gasteiger partial charge >= 0.3 is 0 Å². The van der Waals surface area contributed by atoms with Crippen molar-refractivity contribution in [3.8, 4) is 0 Å². The molecule has 0 unspecified atom stereocenters. The van der Waals surface area contributed by atoms with Crippen LogP contribution in [0.1, 0.15) is 30.1 Å². The van der Waals surface area contributed by atoms with E-state index in [1.54, 1.807) is 6.20 Å². The van der Waals surface area contributed by atoms with Gasteiger partial charge in [0.05, 0.1) is 5.69 Å². The molecule has 0 aliphatic heterocycles. The van der Waals surface area contributed by atoms with Gasteiger partial charge in [0.15, 0.2) is 17.3 Å². The number of hydrogen-bond donors (Lipinski definition) is 1. The minimum Gasteiger partial charge on any atom is -0.322 e. The molecule has 21 heavy (non-hydrogen) atoms. The highest BCUT2D eigenvalue weighted by atomic mass is 15.3. The lowest BCUT2D eigenvalue weighted by Crippen LogP contribution is -2.01. The normalized spacial score (nSPS) is 14.6. The molecular weight excluding hydrogens is 264 g/mol. The van der Waals surface area contributed by atoms with Gasteiger partial charge in [0.25, 0.3) is 0 Å². The fraction of sp³-hybridized carbons (Fsp3) is 0.333. The van der Waals surface area contributed by atoms with Crippen molar-refractivity contribution in [3.63, 3.8) is 0 Å². The average Bonchev–Trinajstić information content (AvgIpc) is 3.24. The van der Waals surface area contributed by atoms with Crippen LogP contribution in [0.3, 0.4) is 0 Å². The Morgan fingerprint density at radius 3 is 2.95 bits per heavy atom. The van der Waals surface area contributed by atoms with Gasteiger partial charge in [-0.25, -0.2) is 15.0 Å². The van der Waals surface area contributed by atoms with Gasteiger partial charge in [-0.15, -0.1) is 0 Å². The molecule has 1 fully saturated rings. The zero-order chi connectivity index (χ0) is 14.4. The van der Waals surface area contributed by atoms with Gasteiger partial charge in [0.2, 0.25) is 0 Å². The van der Waals surface area contributed by atoms with Crippen molar-refractivity contribution in [2.45, 2.75) is 25.7 Å². The van der Waals surface area contributed by atoms with Gasteiger partial charge < -0.3 is 5.32 Å². The van der Waals surface area contributed by atoms with Crippen molar-refractivity contribution in [2.24, 2.45) is 7.05 Å². The summed E-state index contributed by atoms with van der Waals surface area (Å²) in [5.41, 5.74) is 3.57. The molecule has 1 aliphatic rings. The molecule has 6 heteroatoms. The quantitative estimate of drug-likeness (QED) is 0.799. The van der Waals surface area contributed by atoms with Crippen molar-refractivity contribution >= 4 is 22.8 Å². The molecule has 1 aliphatic carbocycles. The second-order valence-electron chi connectivity index (χ2n) is 5.48. The number of rotatable bonds is 3. The summed E-state index contributed by atoms with van der Waals surface area (Å²) in [4.78, 5) is 13.3. The molecule has 0 radical (unpaired) electrons. The predicted octanol–water partition coefficient (Wildman–Crippen LogP) is 2.69. The molecule has 0 amide bonds. The first-order valence-electron chi connectivity index (χ1n) is 7.11. The lowest BCUT2D eigenvalue weighted by Gasteiger charge is -2.06. The fourth-order valence-electron chi connectivity index (χ4n) is 2.53. The Bertz CT molecular complexity index is 818. The Kier molecular flexibility index (Phi) is 2.63. The molecule has 1 saturated carbocycles. The smallest absolute Gasteiger partial charge is 0.180 e. The van der Waals surface area contributed by atoms with Crippen LogP contribution in [0.2, 0.25) is 0 Å². The summed E-state index contributed by atoms with van der Waals surface area (Å²) in [6.45, 7) is 1.94. The molecule has 0 saturated heterocycles. The van der Waals surface area contributed by atoms with E-state index in [1.807, 2.05) is 30.8 Å². The summed E-state index contributed by atoms with van der Waals surface area (Å²) in [5.74, 6) is 2.19.